The Morgan fingerprint density at radius 1 is 1.00 bits per heavy atom. The number of aromatic nitrogens is 3. The van der Waals surface area contributed by atoms with Gasteiger partial charge in [-0.2, -0.15) is 5.10 Å². The van der Waals surface area contributed by atoms with Crippen molar-refractivity contribution in [1.82, 2.24) is 15.2 Å². The molecule has 0 unspecified atom stereocenters. The summed E-state index contributed by atoms with van der Waals surface area (Å²) in [6.07, 6.45) is 1.54. The number of carbonyl (C=O) groups is 2. The Hall–Kier alpha value is -4.02. The van der Waals surface area contributed by atoms with E-state index in [0.717, 1.165) is 5.69 Å². The Kier molecular flexibility index (Phi) is 7.15. The number of ether oxygens (including phenoxy) is 2. The van der Waals surface area contributed by atoms with Crippen LogP contribution in [0, 0.1) is 0 Å². The van der Waals surface area contributed by atoms with Gasteiger partial charge in [0, 0.05) is 34.8 Å². The van der Waals surface area contributed by atoms with E-state index in [9.17, 15) is 9.59 Å². The highest BCUT2D eigenvalue weighted by atomic mass is 35.5. The Balaban J connectivity index is 1.56. The van der Waals surface area contributed by atoms with Crippen LogP contribution in [0.5, 0.6) is 17.2 Å². The van der Waals surface area contributed by atoms with E-state index >= 15 is 0 Å². The number of amides is 3. The quantitative estimate of drug-likeness (QED) is 0.231. The first-order valence-corrected chi connectivity index (χ1v) is 11.8. The molecule has 3 amide bonds. The normalized spacial score (nSPS) is 11.3. The van der Waals surface area contributed by atoms with Crippen molar-refractivity contribution in [2.45, 2.75) is 26.2 Å². The lowest BCUT2D eigenvalue weighted by Crippen LogP contribution is -2.20. The van der Waals surface area contributed by atoms with E-state index < -0.39 is 11.9 Å². The molecular weight excluding hydrogens is 519 g/mol. The summed E-state index contributed by atoms with van der Waals surface area (Å²) < 4.78 is 11.3. The Labute approximate surface area is 222 Å². The highest BCUT2D eigenvalue weighted by molar-refractivity contribution is 6.45. The second kappa shape index (κ2) is 10.2. The predicted molar refractivity (Wildman–Crippen MR) is 143 cm³/mol. The van der Waals surface area contributed by atoms with Gasteiger partial charge in [0.2, 0.25) is 0 Å². The van der Waals surface area contributed by atoms with Crippen LogP contribution in [0.2, 0.25) is 10.0 Å². The lowest BCUT2D eigenvalue weighted by atomic mass is 9.92. The second-order valence-corrected chi connectivity index (χ2v) is 9.84. The molecule has 2 heterocycles. The third-order valence-corrected chi connectivity index (χ3v) is 6.30. The number of methoxy groups -OCH3 is 1. The molecule has 0 atom stereocenters. The van der Waals surface area contributed by atoms with Crippen molar-refractivity contribution < 1.29 is 19.1 Å². The molecule has 192 valence electrons. The highest BCUT2D eigenvalue weighted by Crippen LogP contribution is 2.41. The van der Waals surface area contributed by atoms with Gasteiger partial charge >= 0.3 is 6.03 Å². The van der Waals surface area contributed by atoms with E-state index in [-0.39, 0.29) is 32.5 Å². The van der Waals surface area contributed by atoms with E-state index in [1.54, 1.807) is 30.3 Å². The van der Waals surface area contributed by atoms with Gasteiger partial charge in [0.15, 0.2) is 5.82 Å². The number of nitrogens with two attached hydrogens (primary N) is 1. The lowest BCUT2D eigenvalue weighted by molar-refractivity contribution is 0.0997. The first-order valence-electron chi connectivity index (χ1n) is 11.0. The molecule has 0 aliphatic heterocycles. The van der Waals surface area contributed by atoms with Gasteiger partial charge in [-0.1, -0.05) is 44.0 Å². The minimum Gasteiger partial charge on any atom is -0.496 e. The summed E-state index contributed by atoms with van der Waals surface area (Å²) in [5.41, 5.74) is 7.17. The first-order chi connectivity index (χ1) is 17.5. The van der Waals surface area contributed by atoms with Crippen molar-refractivity contribution >= 4 is 57.5 Å². The Morgan fingerprint density at radius 2 is 1.76 bits per heavy atom. The molecule has 37 heavy (non-hydrogen) atoms. The number of hydrogen-bond donors (Lipinski definition) is 4. The minimum absolute atomic E-state index is 0.0721. The molecule has 0 saturated heterocycles. The standard InChI is InChI=1S/C25H24Cl2N6O4/c1-25(2,3)19-11-20(33-32-19)31-24(35)30-14-5-6-17(22(27)21(14)26)37-16-7-8-29-15-10-18(36-4)13(23(28)34)9-12(15)16/h5-11H,1-4H3,(H2,28,34)(H3,30,31,32,33,35). The van der Waals surface area contributed by atoms with Crippen molar-refractivity contribution in [3.63, 3.8) is 0 Å². The molecule has 0 aliphatic carbocycles. The molecule has 2 aromatic heterocycles. The van der Waals surface area contributed by atoms with Crippen molar-refractivity contribution in [2.75, 3.05) is 17.7 Å². The number of pyridine rings is 1. The van der Waals surface area contributed by atoms with Gasteiger partial charge in [-0.05, 0) is 24.3 Å². The zero-order valence-corrected chi connectivity index (χ0v) is 21.9. The SMILES string of the molecule is COc1cc2nccc(Oc3ccc(NC(=O)Nc4cc(C(C)(C)C)[nH]n4)c(Cl)c3Cl)c2cc1C(N)=O. The van der Waals surface area contributed by atoms with Crippen LogP contribution in [0.1, 0.15) is 36.8 Å². The zero-order valence-electron chi connectivity index (χ0n) is 20.4. The first kappa shape index (κ1) is 26.1. The molecule has 12 heteroatoms. The van der Waals surface area contributed by atoms with Crippen LogP contribution >= 0.6 is 23.2 Å². The number of urea groups is 1. The van der Waals surface area contributed by atoms with E-state index in [1.165, 1.54) is 19.4 Å². The van der Waals surface area contributed by atoms with Gasteiger partial charge in [-0.15, -0.1) is 0 Å². The van der Waals surface area contributed by atoms with Gasteiger partial charge in [-0.3, -0.25) is 20.2 Å². The number of carbonyl (C=O) groups excluding carboxylic acids is 2. The molecule has 5 N–H and O–H groups in total. The number of fused-ring (bicyclic) bond motifs is 1. The zero-order chi connectivity index (χ0) is 26.9. The molecule has 10 nitrogen and oxygen atoms in total. The van der Waals surface area contributed by atoms with E-state index in [4.69, 9.17) is 38.4 Å². The van der Waals surface area contributed by atoms with E-state index in [0.29, 0.717) is 28.2 Å². The monoisotopic (exact) mass is 542 g/mol. The lowest BCUT2D eigenvalue weighted by Gasteiger charge is -2.15. The second-order valence-electron chi connectivity index (χ2n) is 9.08. The summed E-state index contributed by atoms with van der Waals surface area (Å²) >= 11 is 12.9. The fourth-order valence-corrected chi connectivity index (χ4v) is 3.87. The molecule has 0 spiro atoms. The molecule has 0 fully saturated rings. The summed E-state index contributed by atoms with van der Waals surface area (Å²) in [6.45, 7) is 6.08. The summed E-state index contributed by atoms with van der Waals surface area (Å²) in [6, 6.07) is 9.05. The maximum Gasteiger partial charge on any atom is 0.324 e. The van der Waals surface area contributed by atoms with Gasteiger partial charge < -0.3 is 20.5 Å². The molecule has 4 aromatic rings. The van der Waals surface area contributed by atoms with Crippen LogP contribution in [0.4, 0.5) is 16.3 Å². The predicted octanol–water partition coefficient (Wildman–Crippen LogP) is 6.11. The van der Waals surface area contributed by atoms with Crippen LogP contribution in [-0.2, 0) is 5.41 Å². The molecule has 2 aromatic carbocycles. The van der Waals surface area contributed by atoms with Gasteiger partial charge in [-0.25, -0.2) is 4.79 Å². The largest absolute Gasteiger partial charge is 0.496 e. The average Bonchev–Trinajstić information content (AvgIpc) is 3.32. The number of rotatable bonds is 6. The average molecular weight is 543 g/mol. The maximum atomic E-state index is 12.5. The summed E-state index contributed by atoms with van der Waals surface area (Å²) in [4.78, 5) is 28.7. The number of H-pyrrole nitrogens is 1. The molecule has 0 saturated carbocycles. The number of nitrogens with one attached hydrogen (secondary N) is 3. The number of aromatic amines is 1. The number of nitrogens with zero attached hydrogens (tertiary/aromatic N) is 2. The van der Waals surface area contributed by atoms with Crippen molar-refractivity contribution in [2.24, 2.45) is 5.73 Å². The summed E-state index contributed by atoms with van der Waals surface area (Å²) in [7, 11) is 1.43. The van der Waals surface area contributed by atoms with E-state index in [1.807, 2.05) is 20.8 Å². The summed E-state index contributed by atoms with van der Waals surface area (Å²) in [5, 5.41) is 13.0. The van der Waals surface area contributed by atoms with Gasteiger partial charge in [0.1, 0.15) is 22.3 Å². The van der Waals surface area contributed by atoms with Gasteiger partial charge in [0.05, 0.1) is 28.9 Å². The third-order valence-electron chi connectivity index (χ3n) is 5.43. The topological polar surface area (TPSA) is 144 Å². The van der Waals surface area contributed by atoms with E-state index in [2.05, 4.69) is 25.8 Å². The highest BCUT2D eigenvalue weighted by Gasteiger charge is 2.19. The third kappa shape index (κ3) is 5.55. The molecule has 0 aliphatic rings. The Morgan fingerprint density at radius 3 is 2.41 bits per heavy atom. The Bertz CT molecular complexity index is 1510. The molecule has 0 bridgehead atoms. The van der Waals surface area contributed by atoms with Crippen molar-refractivity contribution in [3.05, 3.63) is 63.9 Å². The van der Waals surface area contributed by atoms with Crippen LogP contribution in [0.3, 0.4) is 0 Å². The number of hydrogen-bond acceptors (Lipinski definition) is 6. The van der Waals surface area contributed by atoms with Gasteiger partial charge in [0.25, 0.3) is 5.91 Å². The number of anilines is 2. The van der Waals surface area contributed by atoms with Crippen LogP contribution in [0.25, 0.3) is 10.9 Å². The maximum absolute atomic E-state index is 12.5. The number of primary amides is 1. The van der Waals surface area contributed by atoms with Crippen LogP contribution < -0.4 is 25.8 Å². The number of benzene rings is 2. The van der Waals surface area contributed by atoms with Crippen LogP contribution in [0.15, 0.2) is 42.6 Å². The summed E-state index contributed by atoms with van der Waals surface area (Å²) in [5.74, 6) is 0.585. The molecular formula is C25H24Cl2N6O4. The smallest absolute Gasteiger partial charge is 0.324 e. The molecule has 4 rings (SSSR count). The fraction of sp³-hybridized carbons (Fsp3) is 0.200. The van der Waals surface area contributed by atoms with Crippen LogP contribution in [-0.4, -0.2) is 34.2 Å². The molecule has 0 radical (unpaired) electrons. The van der Waals surface area contributed by atoms with Crippen molar-refractivity contribution in [1.29, 1.82) is 0 Å². The number of halogens is 2. The van der Waals surface area contributed by atoms with Crippen molar-refractivity contribution in [3.8, 4) is 17.2 Å². The fourth-order valence-electron chi connectivity index (χ4n) is 3.46. The minimum atomic E-state index is -0.659.